The second-order valence-electron chi connectivity index (χ2n) is 4.74. The number of sulfonamides is 2. The van der Waals surface area contributed by atoms with Crippen molar-refractivity contribution in [1.29, 1.82) is 0 Å². The number of nitrogen functional groups attached to an aromatic ring is 1. The van der Waals surface area contributed by atoms with Crippen LogP contribution in [0.15, 0.2) is 52.3 Å². The molecule has 24 heavy (non-hydrogen) atoms. The SMILES string of the molecule is NS(=O)(=O)c1cc2c(cc1Cl)NCNS2(=O)=O.Nc1ccccc1. The van der Waals surface area contributed by atoms with Gasteiger partial charge in [0.05, 0.1) is 17.4 Å². The molecule has 2 aromatic rings. The first-order valence-corrected chi connectivity index (χ1v) is 9.92. The van der Waals surface area contributed by atoms with Gasteiger partial charge in [0.2, 0.25) is 20.0 Å². The Bertz CT molecular complexity index is 947. The summed E-state index contributed by atoms with van der Waals surface area (Å²) in [5.74, 6) is 0. The van der Waals surface area contributed by atoms with Gasteiger partial charge in [0.1, 0.15) is 9.79 Å². The molecule has 0 saturated carbocycles. The zero-order chi connectivity index (χ0) is 18.0. The summed E-state index contributed by atoms with van der Waals surface area (Å²) < 4.78 is 47.9. The van der Waals surface area contributed by atoms with Crippen molar-refractivity contribution in [2.24, 2.45) is 5.14 Å². The Morgan fingerprint density at radius 2 is 1.75 bits per heavy atom. The smallest absolute Gasteiger partial charge is 0.244 e. The largest absolute Gasteiger partial charge is 0.399 e. The van der Waals surface area contributed by atoms with Gasteiger partial charge in [-0.3, -0.25) is 0 Å². The molecule has 0 aromatic heterocycles. The standard InChI is InChI=1S/C7H8ClN3O4S2.C6H7N/c8-4-1-5-7(2-6(4)16(9,12)13)17(14,15)11-3-10-5;7-6-4-2-1-3-5-6/h1-2,10-11H,3H2,(H2,9,12,13);1-5H,7H2. The number of fused-ring (bicyclic) bond motifs is 1. The number of anilines is 2. The van der Waals surface area contributed by atoms with E-state index in [2.05, 4.69) is 10.0 Å². The van der Waals surface area contributed by atoms with E-state index in [1.807, 2.05) is 30.3 Å². The number of nitrogens with two attached hydrogens (primary N) is 2. The zero-order valence-corrected chi connectivity index (χ0v) is 14.6. The maximum absolute atomic E-state index is 11.6. The summed E-state index contributed by atoms with van der Waals surface area (Å²) in [6.07, 6.45) is 0. The molecular formula is C13H15ClN4O4S2. The summed E-state index contributed by atoms with van der Waals surface area (Å²) in [6, 6.07) is 11.6. The fraction of sp³-hybridized carbons (Fsp3) is 0.0769. The third kappa shape index (κ3) is 4.36. The highest BCUT2D eigenvalue weighted by Gasteiger charge is 2.26. The van der Waals surface area contributed by atoms with E-state index in [1.54, 1.807) is 0 Å². The van der Waals surface area contributed by atoms with Crippen LogP contribution in [0.25, 0.3) is 0 Å². The van der Waals surface area contributed by atoms with E-state index in [1.165, 1.54) is 6.07 Å². The summed E-state index contributed by atoms with van der Waals surface area (Å²) in [4.78, 5) is -0.621. The van der Waals surface area contributed by atoms with Crippen LogP contribution in [0.1, 0.15) is 0 Å². The lowest BCUT2D eigenvalue weighted by Crippen LogP contribution is -2.34. The topological polar surface area (TPSA) is 144 Å². The molecule has 0 unspecified atom stereocenters. The molecule has 1 aliphatic rings. The van der Waals surface area contributed by atoms with E-state index < -0.39 is 24.9 Å². The summed E-state index contributed by atoms with van der Waals surface area (Å²) in [6.45, 7) is 0.0143. The van der Waals surface area contributed by atoms with E-state index in [0.29, 0.717) is 0 Å². The molecule has 8 nitrogen and oxygen atoms in total. The van der Waals surface area contributed by atoms with Crippen molar-refractivity contribution in [3.05, 3.63) is 47.5 Å². The van der Waals surface area contributed by atoms with E-state index in [4.69, 9.17) is 22.5 Å². The quantitative estimate of drug-likeness (QED) is 0.533. The number of para-hydroxylation sites is 1. The molecule has 0 bridgehead atoms. The molecule has 1 aliphatic heterocycles. The Labute approximate surface area is 144 Å². The maximum Gasteiger partial charge on any atom is 0.244 e. The molecular weight excluding hydrogens is 376 g/mol. The van der Waals surface area contributed by atoms with E-state index in [0.717, 1.165) is 11.8 Å². The Balaban J connectivity index is 0.000000249. The zero-order valence-electron chi connectivity index (χ0n) is 12.2. The molecule has 0 saturated heterocycles. The fourth-order valence-electron chi connectivity index (χ4n) is 1.87. The lowest BCUT2D eigenvalue weighted by atomic mass is 10.3. The molecule has 0 atom stereocenters. The third-order valence-corrected chi connectivity index (χ3v) is 5.79. The van der Waals surface area contributed by atoms with Crippen LogP contribution in [0.3, 0.4) is 0 Å². The minimum absolute atomic E-state index is 0.0143. The number of nitrogens with one attached hydrogen (secondary N) is 2. The van der Waals surface area contributed by atoms with Gasteiger partial charge in [-0.1, -0.05) is 29.8 Å². The lowest BCUT2D eigenvalue weighted by Gasteiger charge is -2.20. The second-order valence-corrected chi connectivity index (χ2v) is 8.41. The van der Waals surface area contributed by atoms with E-state index in [9.17, 15) is 16.8 Å². The third-order valence-electron chi connectivity index (χ3n) is 2.97. The molecule has 3 rings (SSSR count). The van der Waals surface area contributed by atoms with Crippen molar-refractivity contribution in [3.63, 3.8) is 0 Å². The normalized spacial score (nSPS) is 15.4. The van der Waals surface area contributed by atoms with Gasteiger partial charge in [0, 0.05) is 5.69 Å². The minimum atomic E-state index is -4.07. The number of hydrogen-bond acceptors (Lipinski definition) is 6. The molecule has 11 heteroatoms. The Morgan fingerprint density at radius 3 is 2.25 bits per heavy atom. The van der Waals surface area contributed by atoms with Crippen molar-refractivity contribution in [2.75, 3.05) is 17.7 Å². The first-order chi connectivity index (χ1) is 11.1. The Kier molecular flexibility index (Phi) is 5.35. The van der Waals surface area contributed by atoms with Crippen LogP contribution in [0.2, 0.25) is 5.02 Å². The van der Waals surface area contributed by atoms with E-state index in [-0.39, 0.29) is 22.3 Å². The van der Waals surface area contributed by atoms with Gasteiger partial charge >= 0.3 is 0 Å². The van der Waals surface area contributed by atoms with Gasteiger partial charge in [0.15, 0.2) is 0 Å². The molecule has 1 heterocycles. The number of hydrogen-bond donors (Lipinski definition) is 4. The fourth-order valence-corrected chi connectivity index (χ4v) is 4.16. The molecule has 0 aliphatic carbocycles. The molecule has 0 amide bonds. The van der Waals surface area contributed by atoms with Crippen LogP contribution in [-0.2, 0) is 20.0 Å². The van der Waals surface area contributed by atoms with Crippen molar-refractivity contribution in [2.45, 2.75) is 9.79 Å². The second kappa shape index (κ2) is 6.95. The summed E-state index contributed by atoms with van der Waals surface area (Å²) in [7, 11) is -7.80. The van der Waals surface area contributed by atoms with Crippen LogP contribution < -0.4 is 20.9 Å². The Morgan fingerprint density at radius 1 is 1.12 bits per heavy atom. The average Bonchev–Trinajstić information content (AvgIpc) is 2.46. The average molecular weight is 391 g/mol. The monoisotopic (exact) mass is 390 g/mol. The van der Waals surface area contributed by atoms with Crippen molar-refractivity contribution in [1.82, 2.24) is 4.72 Å². The number of primary sulfonamides is 1. The highest BCUT2D eigenvalue weighted by molar-refractivity contribution is 7.90. The number of halogens is 1. The molecule has 6 N–H and O–H groups in total. The number of benzene rings is 2. The van der Waals surface area contributed by atoms with Gasteiger partial charge in [-0.25, -0.2) is 22.0 Å². The maximum atomic E-state index is 11.6. The predicted octanol–water partition coefficient (Wildman–Crippen LogP) is 0.918. The van der Waals surface area contributed by atoms with Crippen molar-refractivity contribution in [3.8, 4) is 0 Å². The predicted molar refractivity (Wildman–Crippen MR) is 92.5 cm³/mol. The Hall–Kier alpha value is -1.85. The van der Waals surface area contributed by atoms with Crippen LogP contribution >= 0.6 is 11.6 Å². The summed E-state index contributed by atoms with van der Waals surface area (Å²) in [5.41, 5.74) is 6.42. The molecule has 130 valence electrons. The van der Waals surface area contributed by atoms with Crippen LogP contribution in [0.4, 0.5) is 11.4 Å². The first-order valence-electron chi connectivity index (χ1n) is 6.51. The van der Waals surface area contributed by atoms with Crippen LogP contribution in [0.5, 0.6) is 0 Å². The van der Waals surface area contributed by atoms with Crippen LogP contribution in [0, 0.1) is 0 Å². The van der Waals surface area contributed by atoms with Crippen molar-refractivity contribution >= 4 is 43.0 Å². The lowest BCUT2D eigenvalue weighted by molar-refractivity contribution is 0.581. The van der Waals surface area contributed by atoms with Gasteiger partial charge in [-0.2, -0.15) is 4.72 Å². The highest BCUT2D eigenvalue weighted by atomic mass is 35.5. The van der Waals surface area contributed by atoms with Gasteiger partial charge in [-0.05, 0) is 24.3 Å². The molecule has 0 spiro atoms. The molecule has 0 radical (unpaired) electrons. The van der Waals surface area contributed by atoms with Gasteiger partial charge in [-0.15, -0.1) is 0 Å². The summed E-state index contributed by atoms with van der Waals surface area (Å²) in [5, 5.41) is 7.53. The summed E-state index contributed by atoms with van der Waals surface area (Å²) >= 11 is 5.72. The number of rotatable bonds is 1. The van der Waals surface area contributed by atoms with Crippen molar-refractivity contribution < 1.29 is 16.8 Å². The highest BCUT2D eigenvalue weighted by Crippen LogP contribution is 2.32. The minimum Gasteiger partial charge on any atom is -0.399 e. The molecule has 2 aromatic carbocycles. The first kappa shape index (κ1) is 18.5. The van der Waals surface area contributed by atoms with Gasteiger partial charge < -0.3 is 11.1 Å². The van der Waals surface area contributed by atoms with Gasteiger partial charge in [0.25, 0.3) is 0 Å². The van der Waals surface area contributed by atoms with E-state index >= 15 is 0 Å². The van der Waals surface area contributed by atoms with Crippen LogP contribution in [-0.4, -0.2) is 23.5 Å². The molecule has 0 fully saturated rings.